The first-order valence-electron chi connectivity index (χ1n) is 6.23. The predicted octanol–water partition coefficient (Wildman–Crippen LogP) is 1.56. The third-order valence-corrected chi connectivity index (χ3v) is 3.37. The van der Waals surface area contributed by atoms with E-state index in [1.54, 1.807) is 0 Å². The molecule has 0 radical (unpaired) electrons. The van der Waals surface area contributed by atoms with E-state index in [0.717, 1.165) is 17.2 Å². The molecule has 0 aliphatic carbocycles. The summed E-state index contributed by atoms with van der Waals surface area (Å²) in [6, 6.07) is 1.66. The van der Waals surface area contributed by atoms with E-state index < -0.39 is 0 Å². The van der Waals surface area contributed by atoms with Crippen molar-refractivity contribution in [1.82, 2.24) is 25.1 Å². The summed E-state index contributed by atoms with van der Waals surface area (Å²) in [5, 5.41) is 9.73. The molecule has 6 heteroatoms. The van der Waals surface area contributed by atoms with E-state index in [1.165, 1.54) is 0 Å². The number of hydrogen-bond acceptors (Lipinski definition) is 3. The molecule has 0 fully saturated rings. The van der Waals surface area contributed by atoms with Crippen LogP contribution in [0.4, 0.5) is 0 Å². The molecule has 2 N–H and O–H groups in total. The molecule has 102 valence electrons. The Morgan fingerprint density at radius 2 is 2.11 bits per heavy atom. The fourth-order valence-corrected chi connectivity index (χ4v) is 1.98. The summed E-state index contributed by atoms with van der Waals surface area (Å²) >= 11 is 0. The van der Waals surface area contributed by atoms with Crippen molar-refractivity contribution in [3.8, 4) is 0 Å². The minimum Gasteiger partial charge on any atom is -0.351 e. The van der Waals surface area contributed by atoms with Crippen LogP contribution in [-0.2, 0) is 7.05 Å². The molecule has 2 heterocycles. The third kappa shape index (κ3) is 2.52. The lowest BCUT2D eigenvalue weighted by atomic mass is 10.2. The second-order valence-electron chi connectivity index (χ2n) is 4.82. The topological polar surface area (TPSA) is 75.6 Å². The highest BCUT2D eigenvalue weighted by Gasteiger charge is 2.18. The Morgan fingerprint density at radius 1 is 1.42 bits per heavy atom. The molecular formula is C13H19N5O. The lowest BCUT2D eigenvalue weighted by molar-refractivity contribution is 0.0937. The maximum Gasteiger partial charge on any atom is 0.253 e. The first-order chi connectivity index (χ1) is 8.90. The van der Waals surface area contributed by atoms with Crippen molar-refractivity contribution in [2.24, 2.45) is 7.05 Å². The zero-order valence-electron chi connectivity index (χ0n) is 11.9. The van der Waals surface area contributed by atoms with Gasteiger partial charge in [0.05, 0.1) is 11.6 Å². The summed E-state index contributed by atoms with van der Waals surface area (Å²) in [4.78, 5) is 16.4. The number of H-pyrrole nitrogens is 1. The fourth-order valence-electron chi connectivity index (χ4n) is 1.98. The van der Waals surface area contributed by atoms with E-state index >= 15 is 0 Å². The second kappa shape index (κ2) is 4.87. The smallest absolute Gasteiger partial charge is 0.253 e. The molecule has 2 aromatic heterocycles. The van der Waals surface area contributed by atoms with Crippen molar-refractivity contribution < 1.29 is 4.79 Å². The number of aromatic amines is 1. The first-order valence-corrected chi connectivity index (χ1v) is 6.23. The molecule has 2 rings (SSSR count). The number of hydrogen-bond donors (Lipinski definition) is 2. The van der Waals surface area contributed by atoms with Gasteiger partial charge in [-0.3, -0.25) is 9.89 Å². The molecule has 0 aliphatic heterocycles. The van der Waals surface area contributed by atoms with Crippen molar-refractivity contribution in [3.63, 3.8) is 0 Å². The zero-order chi connectivity index (χ0) is 14.2. The van der Waals surface area contributed by atoms with Crippen LogP contribution < -0.4 is 5.32 Å². The normalized spacial score (nSPS) is 12.5. The van der Waals surface area contributed by atoms with E-state index in [0.29, 0.717) is 11.4 Å². The Hall–Kier alpha value is -2.11. The van der Waals surface area contributed by atoms with Gasteiger partial charge in [-0.05, 0) is 33.8 Å². The van der Waals surface area contributed by atoms with Crippen LogP contribution >= 0.6 is 0 Å². The predicted molar refractivity (Wildman–Crippen MR) is 71.9 cm³/mol. The molecule has 0 aromatic carbocycles. The summed E-state index contributed by atoms with van der Waals surface area (Å²) in [6.45, 7) is 7.61. The molecule has 6 nitrogen and oxygen atoms in total. The summed E-state index contributed by atoms with van der Waals surface area (Å²) in [6.07, 6.45) is 0. The summed E-state index contributed by atoms with van der Waals surface area (Å²) in [7, 11) is 1.95. The molecular weight excluding hydrogens is 242 g/mol. The summed E-state index contributed by atoms with van der Waals surface area (Å²) in [5.41, 5.74) is 2.71. The number of aromatic nitrogens is 4. The van der Waals surface area contributed by atoms with Crippen LogP contribution in [0.25, 0.3) is 0 Å². The van der Waals surface area contributed by atoms with Gasteiger partial charge >= 0.3 is 0 Å². The minimum absolute atomic E-state index is 0.101. The highest BCUT2D eigenvalue weighted by Crippen LogP contribution is 2.15. The van der Waals surface area contributed by atoms with Crippen molar-refractivity contribution >= 4 is 5.91 Å². The van der Waals surface area contributed by atoms with Gasteiger partial charge in [0, 0.05) is 18.4 Å². The number of carbonyl (C=O) groups is 1. The van der Waals surface area contributed by atoms with E-state index in [2.05, 4.69) is 20.5 Å². The van der Waals surface area contributed by atoms with E-state index in [-0.39, 0.29) is 11.9 Å². The van der Waals surface area contributed by atoms with Gasteiger partial charge in [0.1, 0.15) is 5.82 Å². The quantitative estimate of drug-likeness (QED) is 0.880. The maximum absolute atomic E-state index is 12.2. The summed E-state index contributed by atoms with van der Waals surface area (Å²) < 4.78 is 2.00. The molecule has 19 heavy (non-hydrogen) atoms. The number of nitrogens with zero attached hydrogens (tertiary/aromatic N) is 3. The molecule has 0 spiro atoms. The van der Waals surface area contributed by atoms with Gasteiger partial charge in [-0.15, -0.1) is 0 Å². The monoisotopic (exact) mass is 261 g/mol. The zero-order valence-corrected chi connectivity index (χ0v) is 11.9. The van der Waals surface area contributed by atoms with Gasteiger partial charge in [0.15, 0.2) is 5.82 Å². The molecule has 0 bridgehead atoms. The highest BCUT2D eigenvalue weighted by molar-refractivity contribution is 5.95. The summed E-state index contributed by atoms with van der Waals surface area (Å²) in [5.74, 6) is 1.23. The first kappa shape index (κ1) is 13.3. The van der Waals surface area contributed by atoms with Crippen molar-refractivity contribution in [3.05, 3.63) is 34.7 Å². The number of rotatable bonds is 3. The van der Waals surface area contributed by atoms with Gasteiger partial charge in [-0.1, -0.05) is 0 Å². The molecule has 2 aromatic rings. The van der Waals surface area contributed by atoms with Crippen LogP contribution in [0.3, 0.4) is 0 Å². The number of aryl methyl sites for hydroxylation is 2. The standard InChI is InChI=1S/C13H19N5O/c1-7-6-11(9(3)18(7)5)13(19)14-8(2)12-15-10(4)16-17-12/h6,8H,1-5H3,(H,14,19)(H,15,16,17)/t8-/m1/s1. The maximum atomic E-state index is 12.2. The molecule has 1 amide bonds. The Morgan fingerprint density at radius 3 is 2.58 bits per heavy atom. The van der Waals surface area contributed by atoms with Crippen molar-refractivity contribution in [1.29, 1.82) is 0 Å². The lowest BCUT2D eigenvalue weighted by Gasteiger charge is -2.10. The fraction of sp³-hybridized carbons (Fsp3) is 0.462. The Balaban J connectivity index is 2.15. The van der Waals surface area contributed by atoms with Gasteiger partial charge < -0.3 is 9.88 Å². The molecule has 0 saturated carbocycles. The number of nitrogens with one attached hydrogen (secondary N) is 2. The van der Waals surface area contributed by atoms with Gasteiger partial charge in [0.2, 0.25) is 0 Å². The highest BCUT2D eigenvalue weighted by atomic mass is 16.1. The van der Waals surface area contributed by atoms with E-state index in [1.807, 2.05) is 45.4 Å². The SMILES string of the molecule is Cc1nc([C@@H](C)NC(=O)c2cc(C)n(C)c2C)n[nH]1. The van der Waals surface area contributed by atoms with Crippen molar-refractivity contribution in [2.75, 3.05) is 0 Å². The molecule has 0 aliphatic rings. The molecule has 0 saturated heterocycles. The second-order valence-corrected chi connectivity index (χ2v) is 4.82. The average molecular weight is 261 g/mol. The van der Waals surface area contributed by atoms with E-state index in [9.17, 15) is 4.79 Å². The Kier molecular flexibility index (Phi) is 3.42. The van der Waals surface area contributed by atoms with Crippen LogP contribution in [0.15, 0.2) is 6.07 Å². The van der Waals surface area contributed by atoms with Crippen LogP contribution in [0.1, 0.15) is 46.4 Å². The average Bonchev–Trinajstić information content (AvgIpc) is 2.89. The van der Waals surface area contributed by atoms with Crippen LogP contribution in [0.2, 0.25) is 0 Å². The Bertz CT molecular complexity index is 611. The van der Waals surface area contributed by atoms with Gasteiger partial charge in [-0.2, -0.15) is 5.10 Å². The minimum atomic E-state index is -0.225. The van der Waals surface area contributed by atoms with Gasteiger partial charge in [0.25, 0.3) is 5.91 Å². The lowest BCUT2D eigenvalue weighted by Crippen LogP contribution is -2.27. The van der Waals surface area contributed by atoms with Gasteiger partial charge in [-0.25, -0.2) is 4.98 Å². The number of amides is 1. The van der Waals surface area contributed by atoms with Crippen molar-refractivity contribution in [2.45, 2.75) is 33.7 Å². The van der Waals surface area contributed by atoms with Crippen LogP contribution in [0, 0.1) is 20.8 Å². The van der Waals surface area contributed by atoms with Crippen LogP contribution in [0.5, 0.6) is 0 Å². The molecule has 1 atom stereocenters. The van der Waals surface area contributed by atoms with E-state index in [4.69, 9.17) is 0 Å². The van der Waals surface area contributed by atoms with Crippen LogP contribution in [-0.4, -0.2) is 25.7 Å². The third-order valence-electron chi connectivity index (χ3n) is 3.37. The number of carbonyl (C=O) groups excluding carboxylic acids is 1. The largest absolute Gasteiger partial charge is 0.351 e. The molecule has 0 unspecified atom stereocenters. The Labute approximate surface area is 112 Å².